The van der Waals surface area contributed by atoms with Crippen LogP contribution >= 0.6 is 0 Å². The van der Waals surface area contributed by atoms with Crippen LogP contribution < -0.4 is 11.1 Å². The Hall–Kier alpha value is -1.39. The minimum absolute atomic E-state index is 0.191. The molecule has 4 heteroatoms. The number of rotatable bonds is 6. The van der Waals surface area contributed by atoms with Gasteiger partial charge in [0.15, 0.2) is 0 Å². The van der Waals surface area contributed by atoms with Crippen molar-refractivity contribution in [3.63, 3.8) is 0 Å². The maximum Gasteiger partial charge on any atom is 0.234 e. The molecule has 1 aromatic carbocycles. The average Bonchev–Trinajstić information content (AvgIpc) is 2.45. The number of carbonyl (C=O) groups excluding carboxylic acids is 1. The Morgan fingerprint density at radius 1 is 1.42 bits per heavy atom. The van der Waals surface area contributed by atoms with E-state index >= 15 is 0 Å². The molecule has 1 radical (unpaired) electrons. The lowest BCUT2D eigenvalue weighted by Crippen LogP contribution is -2.46. The standard InChI is InChI=1S/C15H21N2O2/c16-15(18)14-10-12(6-8-17-14)7-9-19-11-13-4-2-1-3-5-13/h1-5,7,12,14,17H,6,8-11H2,(H2,16,18). The maximum atomic E-state index is 11.1. The third-order valence-electron chi connectivity index (χ3n) is 3.45. The summed E-state index contributed by atoms with van der Waals surface area (Å²) < 4.78 is 5.63. The van der Waals surface area contributed by atoms with Crippen LogP contribution in [0.2, 0.25) is 0 Å². The molecule has 0 saturated carbocycles. The molecule has 1 saturated heterocycles. The van der Waals surface area contributed by atoms with Crippen LogP contribution in [0.5, 0.6) is 0 Å². The van der Waals surface area contributed by atoms with Gasteiger partial charge in [0.2, 0.25) is 5.91 Å². The molecule has 1 amide bonds. The van der Waals surface area contributed by atoms with Crippen molar-refractivity contribution in [3.05, 3.63) is 42.3 Å². The van der Waals surface area contributed by atoms with E-state index in [1.807, 2.05) is 30.3 Å². The predicted octanol–water partition coefficient (Wildman–Crippen LogP) is 1.26. The van der Waals surface area contributed by atoms with E-state index in [1.54, 1.807) is 0 Å². The number of benzene rings is 1. The van der Waals surface area contributed by atoms with Crippen molar-refractivity contribution in [1.82, 2.24) is 5.32 Å². The molecule has 1 heterocycles. The summed E-state index contributed by atoms with van der Waals surface area (Å²) in [4.78, 5) is 11.1. The monoisotopic (exact) mass is 261 g/mol. The van der Waals surface area contributed by atoms with Gasteiger partial charge >= 0.3 is 0 Å². The van der Waals surface area contributed by atoms with E-state index in [-0.39, 0.29) is 11.9 Å². The first-order valence-electron chi connectivity index (χ1n) is 6.73. The molecule has 0 bridgehead atoms. The summed E-state index contributed by atoms with van der Waals surface area (Å²) >= 11 is 0. The third-order valence-corrected chi connectivity index (χ3v) is 3.45. The molecule has 1 aliphatic rings. The summed E-state index contributed by atoms with van der Waals surface area (Å²) in [6.45, 7) is 2.08. The van der Waals surface area contributed by atoms with Crippen molar-refractivity contribution < 1.29 is 9.53 Å². The zero-order chi connectivity index (χ0) is 13.5. The quantitative estimate of drug-likeness (QED) is 0.758. The predicted molar refractivity (Wildman–Crippen MR) is 74.1 cm³/mol. The van der Waals surface area contributed by atoms with Crippen LogP contribution in [0.25, 0.3) is 0 Å². The van der Waals surface area contributed by atoms with E-state index in [9.17, 15) is 4.79 Å². The van der Waals surface area contributed by atoms with E-state index < -0.39 is 0 Å². The van der Waals surface area contributed by atoms with E-state index in [1.165, 1.54) is 5.56 Å². The molecule has 103 valence electrons. The lowest BCUT2D eigenvalue weighted by molar-refractivity contribution is -0.120. The maximum absolute atomic E-state index is 11.1. The zero-order valence-corrected chi connectivity index (χ0v) is 11.0. The molecule has 2 unspecified atom stereocenters. The minimum atomic E-state index is -0.261. The van der Waals surface area contributed by atoms with Crippen molar-refractivity contribution in [1.29, 1.82) is 0 Å². The van der Waals surface area contributed by atoms with Crippen molar-refractivity contribution in [3.8, 4) is 0 Å². The molecule has 19 heavy (non-hydrogen) atoms. The summed E-state index contributed by atoms with van der Waals surface area (Å²) in [5.74, 6) is 0.151. The number of hydrogen-bond acceptors (Lipinski definition) is 3. The fourth-order valence-electron chi connectivity index (χ4n) is 2.33. The van der Waals surface area contributed by atoms with Gasteiger partial charge in [-0.25, -0.2) is 0 Å². The molecule has 1 fully saturated rings. The van der Waals surface area contributed by atoms with Gasteiger partial charge in [0, 0.05) is 0 Å². The average molecular weight is 261 g/mol. The highest BCUT2D eigenvalue weighted by molar-refractivity contribution is 5.79. The highest BCUT2D eigenvalue weighted by Crippen LogP contribution is 2.19. The summed E-state index contributed by atoms with van der Waals surface area (Å²) in [5, 5.41) is 3.13. The van der Waals surface area contributed by atoms with Gasteiger partial charge in [0.1, 0.15) is 0 Å². The van der Waals surface area contributed by atoms with Gasteiger partial charge < -0.3 is 15.8 Å². The lowest BCUT2D eigenvalue weighted by Gasteiger charge is -2.28. The van der Waals surface area contributed by atoms with Crippen molar-refractivity contribution in [2.45, 2.75) is 25.5 Å². The minimum Gasteiger partial charge on any atom is -0.376 e. The van der Waals surface area contributed by atoms with Crippen LogP contribution in [0, 0.1) is 12.3 Å². The number of amides is 1. The first-order chi connectivity index (χ1) is 9.25. The number of nitrogens with two attached hydrogens (primary N) is 1. The van der Waals surface area contributed by atoms with Gasteiger partial charge in [-0.3, -0.25) is 4.79 Å². The Labute approximate surface area is 114 Å². The number of primary amides is 1. The number of nitrogens with one attached hydrogen (secondary N) is 1. The summed E-state index contributed by atoms with van der Waals surface area (Å²) in [5.41, 5.74) is 6.49. The van der Waals surface area contributed by atoms with Gasteiger partial charge in [-0.1, -0.05) is 30.3 Å². The third kappa shape index (κ3) is 4.65. The topological polar surface area (TPSA) is 64.4 Å². The van der Waals surface area contributed by atoms with E-state index in [0.29, 0.717) is 19.1 Å². The molecular weight excluding hydrogens is 240 g/mol. The Balaban J connectivity index is 1.64. The summed E-state index contributed by atoms with van der Waals surface area (Å²) in [7, 11) is 0. The fourth-order valence-corrected chi connectivity index (χ4v) is 2.33. The normalized spacial score (nSPS) is 23.2. The molecular formula is C15H21N2O2. The van der Waals surface area contributed by atoms with Crippen LogP contribution in [0.15, 0.2) is 30.3 Å². The van der Waals surface area contributed by atoms with Crippen LogP contribution in [-0.4, -0.2) is 25.1 Å². The van der Waals surface area contributed by atoms with Gasteiger partial charge in [-0.2, -0.15) is 0 Å². The van der Waals surface area contributed by atoms with Gasteiger partial charge in [0.25, 0.3) is 0 Å². The smallest absolute Gasteiger partial charge is 0.234 e. The Morgan fingerprint density at radius 2 is 2.21 bits per heavy atom. The van der Waals surface area contributed by atoms with Crippen molar-refractivity contribution in [2.75, 3.05) is 13.2 Å². The first kappa shape index (κ1) is 14.0. The van der Waals surface area contributed by atoms with E-state index in [0.717, 1.165) is 19.4 Å². The molecule has 3 N–H and O–H groups in total. The molecule has 1 aromatic rings. The number of hydrogen-bond donors (Lipinski definition) is 2. The second-order valence-electron chi connectivity index (χ2n) is 4.93. The number of piperidine rings is 1. The molecule has 2 rings (SSSR count). The Kier molecular flexibility index (Phi) is 5.36. The summed E-state index contributed by atoms with van der Waals surface area (Å²) in [6, 6.07) is 9.92. The number of ether oxygens (including phenoxy) is 1. The van der Waals surface area contributed by atoms with Crippen molar-refractivity contribution in [2.24, 2.45) is 11.7 Å². The second kappa shape index (κ2) is 7.26. The SMILES string of the molecule is NC(=O)C1CC([CH]COCc2ccccc2)CCN1. The number of carbonyl (C=O) groups is 1. The van der Waals surface area contributed by atoms with Crippen molar-refractivity contribution >= 4 is 5.91 Å². The highest BCUT2D eigenvalue weighted by Gasteiger charge is 2.24. The van der Waals surface area contributed by atoms with Crippen LogP contribution in [0.3, 0.4) is 0 Å². The van der Waals surface area contributed by atoms with Gasteiger partial charge in [-0.15, -0.1) is 0 Å². The second-order valence-corrected chi connectivity index (χ2v) is 4.93. The Bertz CT molecular complexity index is 394. The molecule has 2 atom stereocenters. The molecule has 0 spiro atoms. The molecule has 0 aliphatic carbocycles. The fraction of sp³-hybridized carbons (Fsp3) is 0.467. The van der Waals surface area contributed by atoms with Gasteiger partial charge in [0.05, 0.1) is 19.3 Å². The Morgan fingerprint density at radius 3 is 2.95 bits per heavy atom. The largest absolute Gasteiger partial charge is 0.376 e. The lowest BCUT2D eigenvalue weighted by atomic mass is 9.90. The van der Waals surface area contributed by atoms with Crippen LogP contribution in [0.1, 0.15) is 18.4 Å². The van der Waals surface area contributed by atoms with Crippen LogP contribution in [-0.2, 0) is 16.1 Å². The van der Waals surface area contributed by atoms with E-state index in [4.69, 9.17) is 10.5 Å². The first-order valence-corrected chi connectivity index (χ1v) is 6.73. The van der Waals surface area contributed by atoms with Gasteiger partial charge in [-0.05, 0) is 37.3 Å². The van der Waals surface area contributed by atoms with Crippen LogP contribution in [0.4, 0.5) is 0 Å². The van der Waals surface area contributed by atoms with E-state index in [2.05, 4.69) is 11.7 Å². The highest BCUT2D eigenvalue weighted by atomic mass is 16.5. The molecule has 0 aromatic heterocycles. The zero-order valence-electron chi connectivity index (χ0n) is 11.0. The summed E-state index contributed by atoms with van der Waals surface area (Å²) in [6.07, 6.45) is 3.97. The molecule has 4 nitrogen and oxygen atoms in total. The molecule has 1 aliphatic heterocycles.